The van der Waals surface area contributed by atoms with Gasteiger partial charge in [0, 0.05) is 40.8 Å². The lowest BCUT2D eigenvalue weighted by molar-refractivity contribution is -0.384. The first-order valence-corrected chi connectivity index (χ1v) is 9.83. The van der Waals surface area contributed by atoms with Crippen LogP contribution in [-0.4, -0.2) is 39.7 Å². The van der Waals surface area contributed by atoms with Crippen LogP contribution in [0.4, 0.5) is 5.69 Å². The highest BCUT2D eigenvalue weighted by Gasteiger charge is 2.20. The highest BCUT2D eigenvalue weighted by Crippen LogP contribution is 2.35. The summed E-state index contributed by atoms with van der Waals surface area (Å²) in [4.78, 5) is 23.1. The van der Waals surface area contributed by atoms with Crippen LogP contribution < -0.4 is 9.47 Å². The molecule has 0 aliphatic heterocycles. The molecule has 0 spiro atoms. The summed E-state index contributed by atoms with van der Waals surface area (Å²) in [5.74, 6) is 1.60. The van der Waals surface area contributed by atoms with E-state index in [9.17, 15) is 14.9 Å². The first kappa shape index (κ1) is 21.3. The molecular weight excluding hydrogens is 408 g/mol. The number of ketones is 1. The second-order valence-electron chi connectivity index (χ2n) is 6.25. The molecule has 30 heavy (non-hydrogen) atoms. The Morgan fingerprint density at radius 2 is 1.80 bits per heavy atom. The molecule has 3 rings (SSSR count). The monoisotopic (exact) mass is 428 g/mol. The zero-order valence-electron chi connectivity index (χ0n) is 16.9. The molecule has 2 aromatic carbocycles. The Morgan fingerprint density at radius 3 is 2.33 bits per heavy atom. The van der Waals surface area contributed by atoms with E-state index in [-0.39, 0.29) is 17.0 Å². The minimum atomic E-state index is -0.524. The fourth-order valence-corrected chi connectivity index (χ4v) is 3.95. The van der Waals surface area contributed by atoms with Crippen molar-refractivity contribution >= 4 is 23.2 Å². The number of carbonyl (C=O) groups excluding carboxylic acids is 1. The van der Waals surface area contributed by atoms with E-state index in [2.05, 4.69) is 10.2 Å². The molecule has 0 radical (unpaired) electrons. The van der Waals surface area contributed by atoms with Gasteiger partial charge in [-0.2, -0.15) is 0 Å². The fourth-order valence-electron chi connectivity index (χ4n) is 2.89. The van der Waals surface area contributed by atoms with Gasteiger partial charge in [0.1, 0.15) is 11.5 Å². The number of hydrogen-bond acceptors (Lipinski definition) is 8. The van der Waals surface area contributed by atoms with Crippen molar-refractivity contribution in [3.8, 4) is 22.9 Å². The van der Waals surface area contributed by atoms with E-state index in [0.29, 0.717) is 33.9 Å². The lowest BCUT2D eigenvalue weighted by Gasteiger charge is -2.11. The molecule has 3 aromatic rings. The molecule has 0 aliphatic carbocycles. The lowest BCUT2D eigenvalue weighted by atomic mass is 10.1. The minimum Gasteiger partial charge on any atom is -0.497 e. The average Bonchev–Trinajstić information content (AvgIpc) is 3.15. The fraction of sp³-hybridized carbons (Fsp3) is 0.250. The standard InChI is InChI=1S/C20H20N4O5S/c1-5-23-19(13-8-15(28-3)11-16(9-13)29-4)21-22-20(23)30-18-7-6-14(24(26)27)10-17(18)12(2)25/h6-11H,5H2,1-4H3. The molecule has 0 bridgehead atoms. The van der Waals surface area contributed by atoms with Gasteiger partial charge in [0.25, 0.3) is 5.69 Å². The minimum absolute atomic E-state index is 0.134. The number of nitrogens with zero attached hydrogens (tertiary/aromatic N) is 4. The van der Waals surface area contributed by atoms with Gasteiger partial charge in [-0.05, 0) is 43.8 Å². The zero-order chi connectivity index (χ0) is 21.8. The number of carbonyl (C=O) groups is 1. The lowest BCUT2D eigenvalue weighted by Crippen LogP contribution is -2.02. The van der Waals surface area contributed by atoms with Gasteiger partial charge in [-0.3, -0.25) is 14.9 Å². The van der Waals surface area contributed by atoms with Crippen molar-refractivity contribution in [1.29, 1.82) is 0 Å². The molecule has 156 valence electrons. The van der Waals surface area contributed by atoms with E-state index in [0.717, 1.165) is 5.56 Å². The van der Waals surface area contributed by atoms with Crippen LogP contribution in [0.15, 0.2) is 46.5 Å². The molecule has 0 atom stereocenters. The summed E-state index contributed by atoms with van der Waals surface area (Å²) < 4.78 is 12.6. The third kappa shape index (κ3) is 4.28. The molecule has 1 aromatic heterocycles. The number of aromatic nitrogens is 3. The Bertz CT molecular complexity index is 1090. The quantitative estimate of drug-likeness (QED) is 0.298. The Labute approximate surface area is 177 Å². The SMILES string of the molecule is CCn1c(Sc2ccc([N+](=O)[O-])cc2C(C)=O)nnc1-c1cc(OC)cc(OC)c1. The number of nitro benzene ring substituents is 1. The number of hydrogen-bond donors (Lipinski definition) is 0. The van der Waals surface area contributed by atoms with Crippen LogP contribution in [0.2, 0.25) is 0 Å². The van der Waals surface area contributed by atoms with Gasteiger partial charge >= 0.3 is 0 Å². The number of ether oxygens (including phenoxy) is 2. The largest absolute Gasteiger partial charge is 0.497 e. The number of methoxy groups -OCH3 is 2. The van der Waals surface area contributed by atoms with E-state index < -0.39 is 4.92 Å². The van der Waals surface area contributed by atoms with Gasteiger partial charge in [-0.1, -0.05) is 0 Å². The van der Waals surface area contributed by atoms with E-state index in [1.165, 1.54) is 30.8 Å². The number of benzene rings is 2. The van der Waals surface area contributed by atoms with Crippen LogP contribution in [0.1, 0.15) is 24.2 Å². The van der Waals surface area contributed by atoms with Crippen molar-refractivity contribution in [2.75, 3.05) is 14.2 Å². The molecule has 1 heterocycles. The van der Waals surface area contributed by atoms with Crippen LogP contribution >= 0.6 is 11.8 Å². The van der Waals surface area contributed by atoms with Crippen LogP contribution in [-0.2, 0) is 6.54 Å². The average molecular weight is 428 g/mol. The Balaban J connectivity index is 2.04. The Morgan fingerprint density at radius 1 is 1.13 bits per heavy atom. The van der Waals surface area contributed by atoms with Crippen molar-refractivity contribution in [1.82, 2.24) is 14.8 Å². The first-order valence-electron chi connectivity index (χ1n) is 9.01. The summed E-state index contributed by atoms with van der Waals surface area (Å²) >= 11 is 1.23. The molecule has 10 heteroatoms. The highest BCUT2D eigenvalue weighted by molar-refractivity contribution is 7.99. The smallest absolute Gasteiger partial charge is 0.270 e. The normalized spacial score (nSPS) is 10.7. The maximum atomic E-state index is 12.0. The number of Topliss-reactive ketones (excluding diaryl/α,β-unsaturated/α-hetero) is 1. The van der Waals surface area contributed by atoms with Gasteiger partial charge in [0.05, 0.1) is 19.1 Å². The molecule has 9 nitrogen and oxygen atoms in total. The van der Waals surface area contributed by atoms with Crippen molar-refractivity contribution < 1.29 is 19.2 Å². The molecule has 0 N–H and O–H groups in total. The van der Waals surface area contributed by atoms with Crippen LogP contribution in [0.5, 0.6) is 11.5 Å². The second-order valence-corrected chi connectivity index (χ2v) is 7.26. The number of nitro groups is 1. The van der Waals surface area contributed by atoms with Gasteiger partial charge in [-0.25, -0.2) is 0 Å². The van der Waals surface area contributed by atoms with E-state index in [1.807, 2.05) is 23.6 Å². The van der Waals surface area contributed by atoms with Crippen LogP contribution in [0.3, 0.4) is 0 Å². The van der Waals surface area contributed by atoms with E-state index >= 15 is 0 Å². The highest BCUT2D eigenvalue weighted by atomic mass is 32.2. The van der Waals surface area contributed by atoms with Crippen molar-refractivity contribution in [2.24, 2.45) is 0 Å². The van der Waals surface area contributed by atoms with Gasteiger partial charge in [0.15, 0.2) is 16.8 Å². The maximum absolute atomic E-state index is 12.0. The van der Waals surface area contributed by atoms with Crippen LogP contribution in [0, 0.1) is 10.1 Å². The number of non-ortho nitro benzene ring substituents is 1. The van der Waals surface area contributed by atoms with E-state index in [1.54, 1.807) is 26.4 Å². The Kier molecular flexibility index (Phi) is 6.36. The third-order valence-corrected chi connectivity index (χ3v) is 5.46. The molecule has 0 saturated carbocycles. The summed E-state index contributed by atoms with van der Waals surface area (Å²) in [6.45, 7) is 3.91. The predicted molar refractivity (Wildman–Crippen MR) is 111 cm³/mol. The van der Waals surface area contributed by atoms with Gasteiger partial charge < -0.3 is 14.0 Å². The molecule has 0 aliphatic rings. The topological polar surface area (TPSA) is 109 Å². The molecule has 0 saturated heterocycles. The van der Waals surface area contributed by atoms with Crippen molar-refractivity contribution in [2.45, 2.75) is 30.4 Å². The molecule has 0 unspecified atom stereocenters. The molecule has 0 fully saturated rings. The summed E-state index contributed by atoms with van der Waals surface area (Å²) in [6, 6.07) is 9.64. The molecule has 0 amide bonds. The van der Waals surface area contributed by atoms with Gasteiger partial charge in [-0.15, -0.1) is 10.2 Å². The van der Waals surface area contributed by atoms with Crippen molar-refractivity contribution in [3.63, 3.8) is 0 Å². The first-order chi connectivity index (χ1) is 14.4. The number of rotatable bonds is 8. The maximum Gasteiger partial charge on any atom is 0.270 e. The third-order valence-electron chi connectivity index (χ3n) is 4.40. The molecular formula is C20H20N4O5S. The zero-order valence-corrected chi connectivity index (χ0v) is 17.7. The van der Waals surface area contributed by atoms with E-state index in [4.69, 9.17) is 9.47 Å². The second kappa shape index (κ2) is 8.95. The van der Waals surface area contributed by atoms with Crippen molar-refractivity contribution in [3.05, 3.63) is 52.1 Å². The summed E-state index contributed by atoms with van der Waals surface area (Å²) in [6.07, 6.45) is 0. The van der Waals surface area contributed by atoms with Gasteiger partial charge in [0.2, 0.25) is 0 Å². The van der Waals surface area contributed by atoms with Crippen LogP contribution in [0.25, 0.3) is 11.4 Å². The predicted octanol–water partition coefficient (Wildman–Crippen LogP) is 4.24. The summed E-state index contributed by atoms with van der Waals surface area (Å²) in [7, 11) is 3.14. The summed E-state index contributed by atoms with van der Waals surface area (Å²) in [5, 5.41) is 20.2. The Hall–Kier alpha value is -3.40. The summed E-state index contributed by atoms with van der Waals surface area (Å²) in [5.41, 5.74) is 0.901.